The van der Waals surface area contributed by atoms with Crippen molar-refractivity contribution in [3.05, 3.63) is 30.1 Å². The Balaban J connectivity index is 1.43. The highest BCUT2D eigenvalue weighted by atomic mass is 16.2. The molecule has 1 aromatic rings. The van der Waals surface area contributed by atoms with Crippen LogP contribution in [-0.2, 0) is 4.79 Å². The van der Waals surface area contributed by atoms with Crippen molar-refractivity contribution in [1.29, 1.82) is 0 Å². The Morgan fingerprint density at radius 3 is 2.88 bits per heavy atom. The largest absolute Gasteiger partial charge is 0.341 e. The summed E-state index contributed by atoms with van der Waals surface area (Å²) in [5.74, 6) is 0.468. The lowest BCUT2D eigenvalue weighted by molar-refractivity contribution is -0.135. The fourth-order valence-corrected chi connectivity index (χ4v) is 4.42. The van der Waals surface area contributed by atoms with Crippen molar-refractivity contribution in [3.8, 4) is 0 Å². The number of piperidine rings is 1. The van der Waals surface area contributed by atoms with Crippen molar-refractivity contribution in [3.63, 3.8) is 0 Å². The van der Waals surface area contributed by atoms with E-state index in [1.165, 1.54) is 6.42 Å². The maximum atomic E-state index is 12.9. The van der Waals surface area contributed by atoms with E-state index in [-0.39, 0.29) is 23.7 Å². The van der Waals surface area contributed by atoms with E-state index >= 15 is 0 Å². The van der Waals surface area contributed by atoms with Crippen LogP contribution < -0.4 is 10.9 Å². The van der Waals surface area contributed by atoms with Gasteiger partial charge in [-0.25, -0.2) is 5.43 Å². The molecule has 6 heteroatoms. The van der Waals surface area contributed by atoms with Crippen LogP contribution >= 0.6 is 0 Å². The third-order valence-electron chi connectivity index (χ3n) is 5.71. The Morgan fingerprint density at radius 2 is 2.04 bits per heavy atom. The molecule has 2 saturated heterocycles. The summed E-state index contributed by atoms with van der Waals surface area (Å²) in [6.07, 6.45) is 6.79. The second-order valence-corrected chi connectivity index (χ2v) is 7.17. The summed E-state index contributed by atoms with van der Waals surface area (Å²) in [5, 5.41) is 0. The van der Waals surface area contributed by atoms with Gasteiger partial charge < -0.3 is 4.90 Å². The summed E-state index contributed by atoms with van der Waals surface area (Å²) in [4.78, 5) is 31.6. The van der Waals surface area contributed by atoms with Gasteiger partial charge in [0.1, 0.15) is 11.7 Å². The van der Waals surface area contributed by atoms with Crippen LogP contribution in [0.4, 0.5) is 0 Å². The smallest absolute Gasteiger partial charge is 0.241 e. The zero-order valence-corrected chi connectivity index (χ0v) is 13.8. The monoisotopic (exact) mass is 328 g/mol. The summed E-state index contributed by atoms with van der Waals surface area (Å²) in [6, 6.07) is 5.69. The average molecular weight is 328 g/mol. The molecule has 0 aromatic carbocycles. The van der Waals surface area contributed by atoms with Gasteiger partial charge in [0.05, 0.1) is 0 Å². The number of nitrogens with one attached hydrogen (secondary N) is 2. The van der Waals surface area contributed by atoms with E-state index in [1.54, 1.807) is 12.3 Å². The molecular formula is C18H24N4O2. The lowest BCUT2D eigenvalue weighted by atomic mass is 9.90. The van der Waals surface area contributed by atoms with Crippen LogP contribution in [0, 0.1) is 11.8 Å². The number of hydrazine groups is 1. The molecule has 1 aliphatic carbocycles. The minimum Gasteiger partial charge on any atom is -0.341 e. The van der Waals surface area contributed by atoms with E-state index < -0.39 is 0 Å². The molecule has 0 bridgehead atoms. The Labute approximate surface area is 142 Å². The van der Waals surface area contributed by atoms with E-state index in [1.807, 2.05) is 17.0 Å². The van der Waals surface area contributed by atoms with Crippen LogP contribution in [-0.4, -0.2) is 46.7 Å². The molecule has 3 fully saturated rings. The maximum Gasteiger partial charge on any atom is 0.241 e. The highest BCUT2D eigenvalue weighted by Gasteiger charge is 2.44. The van der Waals surface area contributed by atoms with Crippen molar-refractivity contribution in [2.45, 2.75) is 44.2 Å². The van der Waals surface area contributed by atoms with Crippen molar-refractivity contribution < 1.29 is 9.59 Å². The molecule has 0 radical (unpaired) electrons. The number of fused-ring (bicyclic) bond motifs is 1. The molecule has 2 aliphatic heterocycles. The molecule has 3 aliphatic rings. The number of carbonyl (C=O) groups excluding carboxylic acids is 2. The van der Waals surface area contributed by atoms with Crippen molar-refractivity contribution in [1.82, 2.24) is 20.7 Å². The number of nitrogens with zero attached hydrogens (tertiary/aromatic N) is 2. The van der Waals surface area contributed by atoms with Crippen molar-refractivity contribution in [2.75, 3.05) is 13.1 Å². The van der Waals surface area contributed by atoms with E-state index in [2.05, 4.69) is 15.8 Å². The Hall–Kier alpha value is -1.79. The van der Waals surface area contributed by atoms with Gasteiger partial charge in [0.15, 0.2) is 5.78 Å². The first-order chi connectivity index (χ1) is 11.7. The molecule has 0 spiro atoms. The Kier molecular flexibility index (Phi) is 4.33. The lowest BCUT2D eigenvalue weighted by Crippen LogP contribution is -2.51. The molecule has 4 unspecified atom stereocenters. The van der Waals surface area contributed by atoms with Gasteiger partial charge in [-0.1, -0.05) is 12.5 Å². The molecule has 128 valence electrons. The van der Waals surface area contributed by atoms with Crippen LogP contribution in [0.15, 0.2) is 24.4 Å². The van der Waals surface area contributed by atoms with Gasteiger partial charge in [-0.05, 0) is 37.8 Å². The number of likely N-dealkylation sites (tertiary alicyclic amines) is 1. The van der Waals surface area contributed by atoms with Gasteiger partial charge in [-0.2, -0.15) is 0 Å². The van der Waals surface area contributed by atoms with E-state index in [9.17, 15) is 9.59 Å². The summed E-state index contributed by atoms with van der Waals surface area (Å²) >= 11 is 0. The fourth-order valence-electron chi connectivity index (χ4n) is 4.42. The summed E-state index contributed by atoms with van der Waals surface area (Å²) in [6.45, 7) is 1.27. The maximum absolute atomic E-state index is 12.9. The molecule has 6 nitrogen and oxygen atoms in total. The quantitative estimate of drug-likeness (QED) is 0.814. The number of rotatable bonds is 3. The number of hydrogen-bond donors (Lipinski definition) is 2. The number of carbonyl (C=O) groups is 2. The van der Waals surface area contributed by atoms with E-state index in [4.69, 9.17) is 0 Å². The molecule has 3 heterocycles. The third kappa shape index (κ3) is 2.84. The normalized spacial score (nSPS) is 32.6. The van der Waals surface area contributed by atoms with Gasteiger partial charge in [0.25, 0.3) is 0 Å². The number of hydrogen-bond acceptors (Lipinski definition) is 5. The zero-order chi connectivity index (χ0) is 16.5. The third-order valence-corrected chi connectivity index (χ3v) is 5.71. The number of ketones is 1. The van der Waals surface area contributed by atoms with Gasteiger partial charge in [-0.15, -0.1) is 0 Å². The van der Waals surface area contributed by atoms with Gasteiger partial charge >= 0.3 is 0 Å². The fraction of sp³-hybridized carbons (Fsp3) is 0.611. The average Bonchev–Trinajstić information content (AvgIpc) is 3.25. The zero-order valence-electron chi connectivity index (χ0n) is 13.8. The first-order valence-electron chi connectivity index (χ1n) is 8.99. The minimum absolute atomic E-state index is 0.0596. The second kappa shape index (κ2) is 6.61. The molecule has 4 atom stereocenters. The van der Waals surface area contributed by atoms with Crippen LogP contribution in [0.5, 0.6) is 0 Å². The second-order valence-electron chi connectivity index (χ2n) is 7.17. The lowest BCUT2D eigenvalue weighted by Gasteiger charge is -2.34. The highest BCUT2D eigenvalue weighted by molar-refractivity contribution is 5.96. The number of Topliss-reactive ketones (excluding diaryl/α,β-unsaturated/α-hetero) is 1. The predicted octanol–water partition coefficient (Wildman–Crippen LogP) is 1.15. The van der Waals surface area contributed by atoms with Gasteiger partial charge in [-0.3, -0.25) is 20.0 Å². The van der Waals surface area contributed by atoms with Gasteiger partial charge in [0, 0.05) is 37.2 Å². The molecular weight excluding hydrogens is 304 g/mol. The molecule has 24 heavy (non-hydrogen) atoms. The molecule has 4 rings (SSSR count). The molecule has 1 aromatic heterocycles. The molecule has 1 saturated carbocycles. The Morgan fingerprint density at radius 1 is 1.12 bits per heavy atom. The van der Waals surface area contributed by atoms with Crippen LogP contribution in [0.1, 0.15) is 42.6 Å². The first-order valence-corrected chi connectivity index (χ1v) is 8.99. The SMILES string of the molecule is O=C(c1ccccn1)C1CCCN(C(=O)C2NNC3CCCC32)C1. The first kappa shape index (κ1) is 15.7. The number of amides is 1. The van der Waals surface area contributed by atoms with E-state index in [0.717, 1.165) is 32.2 Å². The topological polar surface area (TPSA) is 74.3 Å². The summed E-state index contributed by atoms with van der Waals surface area (Å²) in [7, 11) is 0. The van der Waals surface area contributed by atoms with Crippen LogP contribution in [0.25, 0.3) is 0 Å². The Bertz CT molecular complexity index is 621. The van der Waals surface area contributed by atoms with E-state index in [0.29, 0.717) is 24.2 Å². The standard InChI is InChI=1S/C18H24N4O2/c23-17(15-7-1-2-9-19-15)12-5-4-10-22(11-12)18(24)16-13-6-3-8-14(13)20-21-16/h1-2,7,9,12-14,16,20-21H,3-6,8,10-11H2. The van der Waals surface area contributed by atoms with Crippen LogP contribution in [0.2, 0.25) is 0 Å². The summed E-state index contributed by atoms with van der Waals surface area (Å²) < 4.78 is 0. The molecule has 2 N–H and O–H groups in total. The minimum atomic E-state index is -0.138. The van der Waals surface area contributed by atoms with Gasteiger partial charge in [0.2, 0.25) is 5.91 Å². The molecule has 1 amide bonds. The van der Waals surface area contributed by atoms with Crippen LogP contribution in [0.3, 0.4) is 0 Å². The number of aromatic nitrogens is 1. The van der Waals surface area contributed by atoms with Crippen molar-refractivity contribution >= 4 is 11.7 Å². The summed E-state index contributed by atoms with van der Waals surface area (Å²) in [5.41, 5.74) is 6.97. The highest BCUT2D eigenvalue weighted by Crippen LogP contribution is 2.33. The number of pyridine rings is 1. The predicted molar refractivity (Wildman–Crippen MR) is 89.1 cm³/mol. The van der Waals surface area contributed by atoms with Crippen molar-refractivity contribution in [2.24, 2.45) is 11.8 Å².